The molecule has 1 aliphatic heterocycles. The van der Waals surface area contributed by atoms with Crippen molar-refractivity contribution in [1.29, 1.82) is 0 Å². The molecule has 0 spiro atoms. The van der Waals surface area contributed by atoms with Gasteiger partial charge in [-0.3, -0.25) is 4.79 Å². The summed E-state index contributed by atoms with van der Waals surface area (Å²) in [5.74, 6) is 2.02. The lowest BCUT2D eigenvalue weighted by molar-refractivity contribution is -0.324. The molecule has 0 radical (unpaired) electrons. The van der Waals surface area contributed by atoms with Crippen LogP contribution in [0.2, 0.25) is 0 Å². The average molecular weight is 949 g/mol. The van der Waals surface area contributed by atoms with Crippen LogP contribution in [0.1, 0.15) is 224 Å². The third kappa shape index (κ3) is 27.2. The molecule has 0 bridgehead atoms. The second-order valence-corrected chi connectivity index (χ2v) is 22.5. The number of aliphatic hydroxyl groups is 3. The molecule has 1 fully saturated rings. The molecule has 0 aromatic heterocycles. The third-order valence-corrected chi connectivity index (χ3v) is 14.5. The Morgan fingerprint density at radius 1 is 0.809 bits per heavy atom. The van der Waals surface area contributed by atoms with Gasteiger partial charge in [-0.15, -0.1) is 0 Å². The van der Waals surface area contributed by atoms with Crippen molar-refractivity contribution < 1.29 is 34.3 Å². The summed E-state index contributed by atoms with van der Waals surface area (Å²) in [7, 11) is 0. The fourth-order valence-electron chi connectivity index (χ4n) is 9.63. The Bertz CT molecular complexity index is 1580. The molecule has 0 aromatic rings. The number of hydrogen-bond donors (Lipinski definition) is 3. The first-order valence-electron chi connectivity index (χ1n) is 27.6. The van der Waals surface area contributed by atoms with E-state index in [2.05, 4.69) is 129 Å². The highest BCUT2D eigenvalue weighted by Gasteiger charge is 2.46. The highest BCUT2D eigenvalue weighted by molar-refractivity contribution is 5.69. The second kappa shape index (κ2) is 34.7. The molecule has 68 heavy (non-hydrogen) atoms. The average Bonchev–Trinajstić information content (AvgIpc) is 3.27. The van der Waals surface area contributed by atoms with Crippen molar-refractivity contribution in [2.24, 2.45) is 29.1 Å². The largest absolute Gasteiger partial charge is 0.463 e. The minimum absolute atomic E-state index is 0.211. The summed E-state index contributed by atoms with van der Waals surface area (Å²) in [5, 5.41) is 32.0. The predicted molar refractivity (Wildman–Crippen MR) is 287 cm³/mol. The quantitative estimate of drug-likeness (QED) is 0.0251. The Morgan fingerprint density at radius 3 is 2.13 bits per heavy atom. The van der Waals surface area contributed by atoms with Crippen LogP contribution in [0.5, 0.6) is 0 Å². The van der Waals surface area contributed by atoms with Crippen molar-refractivity contribution in [1.82, 2.24) is 0 Å². The lowest BCUT2D eigenvalue weighted by Crippen LogP contribution is -2.60. The van der Waals surface area contributed by atoms with E-state index in [4.69, 9.17) is 14.2 Å². The van der Waals surface area contributed by atoms with Gasteiger partial charge in [0.15, 0.2) is 6.29 Å². The van der Waals surface area contributed by atoms with E-state index in [1.807, 2.05) is 13.8 Å². The third-order valence-electron chi connectivity index (χ3n) is 14.5. The maximum atomic E-state index is 12.5. The Labute approximate surface area is 418 Å². The van der Waals surface area contributed by atoms with Crippen molar-refractivity contribution >= 4 is 5.97 Å². The zero-order valence-electron chi connectivity index (χ0n) is 45.5. The minimum Gasteiger partial charge on any atom is -0.463 e. The zero-order valence-corrected chi connectivity index (χ0v) is 45.5. The fourth-order valence-corrected chi connectivity index (χ4v) is 9.63. The number of carbonyl (C=O) groups excluding carboxylic acids is 1. The van der Waals surface area contributed by atoms with Gasteiger partial charge in [-0.1, -0.05) is 209 Å². The van der Waals surface area contributed by atoms with Gasteiger partial charge in [0.25, 0.3) is 0 Å². The number of rotatable bonds is 35. The molecule has 7 nitrogen and oxygen atoms in total. The van der Waals surface area contributed by atoms with Gasteiger partial charge in [0.2, 0.25) is 0 Å². The van der Waals surface area contributed by atoms with Crippen molar-refractivity contribution in [2.75, 3.05) is 6.61 Å². The van der Waals surface area contributed by atoms with Crippen LogP contribution in [-0.2, 0) is 19.0 Å². The molecular formula is C61H104O7. The van der Waals surface area contributed by atoms with Gasteiger partial charge in [0.05, 0.1) is 5.60 Å². The zero-order chi connectivity index (χ0) is 50.4. The van der Waals surface area contributed by atoms with Gasteiger partial charge in [0.1, 0.15) is 31.0 Å². The van der Waals surface area contributed by atoms with Crippen molar-refractivity contribution in [3.05, 3.63) is 83.6 Å². The van der Waals surface area contributed by atoms with E-state index in [0.717, 1.165) is 44.4 Å². The topological polar surface area (TPSA) is 105 Å². The summed E-state index contributed by atoms with van der Waals surface area (Å²) < 4.78 is 17.5. The summed E-state index contributed by atoms with van der Waals surface area (Å²) in [4.78, 5) is 12.5. The maximum Gasteiger partial charge on any atom is 0.305 e. The van der Waals surface area contributed by atoms with E-state index in [1.165, 1.54) is 107 Å². The lowest BCUT2D eigenvalue weighted by atomic mass is 9.68. The molecule has 2 rings (SSSR count). The normalized spacial score (nSPS) is 24.4. The van der Waals surface area contributed by atoms with Crippen LogP contribution in [0.15, 0.2) is 83.6 Å². The summed E-state index contributed by atoms with van der Waals surface area (Å²) >= 11 is 0. The summed E-state index contributed by atoms with van der Waals surface area (Å²) in [6.07, 6.45) is 44.7. The summed E-state index contributed by atoms with van der Waals surface area (Å²) in [6.45, 7) is 24.3. The van der Waals surface area contributed by atoms with E-state index >= 15 is 0 Å². The number of unbranched alkanes of at least 4 members (excludes halogenated alkanes) is 11. The fraction of sp³-hybridized carbons (Fsp3) is 0.754. The van der Waals surface area contributed by atoms with E-state index in [1.54, 1.807) is 5.57 Å². The first kappa shape index (κ1) is 61.6. The SMILES string of the molecule is CCCCCCCCCCCCCCC(=O)OC[C@H]1O[C@H](OC(C)(C)CCC/C(C)=C/C=C/C(C)=C/C=C/C(C)/C=C/CCC(C)CCCC(C)/C=C/C2C(C)=CCCC2(C)C)[C@H](O)[C@@H](O)[C@@H]1O. The molecule has 1 saturated heterocycles. The van der Waals surface area contributed by atoms with E-state index in [0.29, 0.717) is 36.0 Å². The van der Waals surface area contributed by atoms with Crippen molar-refractivity contribution in [2.45, 2.75) is 260 Å². The number of allylic oxidation sites excluding steroid dienone is 14. The van der Waals surface area contributed by atoms with Crippen LogP contribution in [0, 0.1) is 29.1 Å². The molecular weight excluding hydrogens is 845 g/mol. The Hall–Kier alpha value is -2.55. The van der Waals surface area contributed by atoms with Crippen LogP contribution in [0.4, 0.5) is 0 Å². The highest BCUT2D eigenvalue weighted by atomic mass is 16.7. The Morgan fingerprint density at radius 2 is 1.47 bits per heavy atom. The number of aliphatic hydroxyl groups excluding tert-OH is 3. The molecule has 390 valence electrons. The molecule has 7 heteroatoms. The molecule has 0 amide bonds. The molecule has 4 unspecified atom stereocenters. The van der Waals surface area contributed by atoms with Crippen LogP contribution in [0.25, 0.3) is 0 Å². The highest BCUT2D eigenvalue weighted by Crippen LogP contribution is 2.42. The maximum absolute atomic E-state index is 12.5. The molecule has 0 aromatic carbocycles. The predicted octanol–water partition coefficient (Wildman–Crippen LogP) is 15.8. The minimum atomic E-state index is -1.48. The standard InChI is InChI=1S/C61H104O7/c1-12-13-14-15-16-17-18-19-20-21-22-23-41-55(62)66-46-54-56(63)57(64)58(65)59(67-54)68-61(10,11)45-29-39-50(5)37-27-36-49(4)35-26-33-47(2)31-24-25-32-48(3)34-28-38-51(6)42-43-53-52(7)40-30-44-60(53,8)9/h24,26-27,31,33,35-37,40,42-43,47-48,51,53-54,56-59,63-65H,12-23,25,28-30,32,34,38-39,41,44-46H2,1-11H3/b31-24+,33-26+,36-27+,43-42+,49-35+,50-37+/t47?,48?,51?,53?,54-,56-,57+,58-,59-/m1/s1. The van der Waals surface area contributed by atoms with Gasteiger partial charge in [-0.2, -0.15) is 0 Å². The summed E-state index contributed by atoms with van der Waals surface area (Å²) in [6, 6.07) is 0. The summed E-state index contributed by atoms with van der Waals surface area (Å²) in [5.41, 5.74) is 3.68. The van der Waals surface area contributed by atoms with Gasteiger partial charge in [-0.25, -0.2) is 0 Å². The molecule has 1 heterocycles. The Kier molecular flexibility index (Phi) is 31.4. The molecule has 0 saturated carbocycles. The number of ether oxygens (including phenoxy) is 3. The molecule has 9 atom stereocenters. The number of esters is 1. The van der Waals surface area contributed by atoms with Crippen LogP contribution in [0.3, 0.4) is 0 Å². The van der Waals surface area contributed by atoms with Crippen molar-refractivity contribution in [3.8, 4) is 0 Å². The molecule has 1 aliphatic carbocycles. The van der Waals surface area contributed by atoms with Crippen LogP contribution in [-0.4, -0.2) is 64.2 Å². The second-order valence-electron chi connectivity index (χ2n) is 22.5. The lowest BCUT2D eigenvalue weighted by Gasteiger charge is -2.42. The van der Waals surface area contributed by atoms with Crippen LogP contribution >= 0.6 is 0 Å². The molecule has 2 aliphatic rings. The van der Waals surface area contributed by atoms with E-state index < -0.39 is 36.3 Å². The van der Waals surface area contributed by atoms with Gasteiger partial charge in [0, 0.05) is 12.3 Å². The van der Waals surface area contributed by atoms with Crippen LogP contribution < -0.4 is 0 Å². The smallest absolute Gasteiger partial charge is 0.305 e. The molecule has 3 N–H and O–H groups in total. The van der Waals surface area contributed by atoms with E-state index in [-0.39, 0.29) is 12.6 Å². The van der Waals surface area contributed by atoms with Crippen molar-refractivity contribution in [3.63, 3.8) is 0 Å². The Balaban J connectivity index is 1.64. The van der Waals surface area contributed by atoms with E-state index in [9.17, 15) is 20.1 Å². The first-order valence-corrected chi connectivity index (χ1v) is 27.6. The van der Waals surface area contributed by atoms with Gasteiger partial charge >= 0.3 is 5.97 Å². The number of hydrogen-bond acceptors (Lipinski definition) is 7. The van der Waals surface area contributed by atoms with Gasteiger partial charge < -0.3 is 29.5 Å². The number of carbonyl (C=O) groups is 1. The van der Waals surface area contributed by atoms with Gasteiger partial charge in [-0.05, 0) is 116 Å². The first-order chi connectivity index (χ1) is 32.3. The monoisotopic (exact) mass is 949 g/mol.